The van der Waals surface area contributed by atoms with Crippen molar-refractivity contribution < 1.29 is 0 Å². The number of piperidine rings is 1. The molecule has 2 heterocycles. The molecule has 0 spiro atoms. The van der Waals surface area contributed by atoms with Crippen molar-refractivity contribution in [2.24, 2.45) is 12.0 Å². The Morgan fingerprint density at radius 2 is 1.93 bits per heavy atom. The number of rotatable bonds is 7. The quantitative estimate of drug-likeness (QED) is 0.444. The molecule has 1 aliphatic heterocycles. The van der Waals surface area contributed by atoms with Crippen LogP contribution in [0.4, 0.5) is 5.69 Å². The molecule has 2 aromatic rings. The molecule has 0 aliphatic carbocycles. The molecule has 156 valence electrons. The lowest BCUT2D eigenvalue weighted by molar-refractivity contribution is 0.477. The summed E-state index contributed by atoms with van der Waals surface area (Å²) in [5.41, 5.74) is 2.59. The monoisotopic (exact) mass is 395 g/mol. The predicted octanol–water partition coefficient (Wildman–Crippen LogP) is 2.88. The van der Waals surface area contributed by atoms with Gasteiger partial charge in [0.05, 0.1) is 0 Å². The highest BCUT2D eigenvalue weighted by Crippen LogP contribution is 2.20. The van der Waals surface area contributed by atoms with Crippen LogP contribution in [0.15, 0.2) is 41.9 Å². The van der Waals surface area contributed by atoms with Crippen molar-refractivity contribution in [3.05, 3.63) is 54.1 Å². The Morgan fingerprint density at radius 3 is 2.55 bits per heavy atom. The van der Waals surface area contributed by atoms with Crippen molar-refractivity contribution in [3.8, 4) is 0 Å². The molecule has 1 saturated heterocycles. The average Bonchev–Trinajstić information content (AvgIpc) is 3.07. The van der Waals surface area contributed by atoms with Crippen molar-refractivity contribution in [2.45, 2.75) is 39.3 Å². The lowest BCUT2D eigenvalue weighted by Crippen LogP contribution is -2.38. The molecule has 3 rings (SSSR count). The topological polar surface area (TPSA) is 61.6 Å². The van der Waals surface area contributed by atoms with Gasteiger partial charge >= 0.3 is 0 Å². The van der Waals surface area contributed by atoms with Gasteiger partial charge in [-0.05, 0) is 43.9 Å². The molecule has 0 radical (unpaired) electrons. The summed E-state index contributed by atoms with van der Waals surface area (Å²) < 4.78 is 1.97. The van der Waals surface area contributed by atoms with Gasteiger partial charge in [0.15, 0.2) is 11.8 Å². The summed E-state index contributed by atoms with van der Waals surface area (Å²) in [6.07, 6.45) is 5.78. The van der Waals surface area contributed by atoms with E-state index in [0.29, 0.717) is 13.1 Å². The minimum Gasteiger partial charge on any atom is -0.372 e. The minimum atomic E-state index is 0.481. The first kappa shape index (κ1) is 20.9. The van der Waals surface area contributed by atoms with Crippen molar-refractivity contribution >= 4 is 11.6 Å². The second-order valence-electron chi connectivity index (χ2n) is 7.60. The highest BCUT2D eigenvalue weighted by atomic mass is 15.3. The largest absolute Gasteiger partial charge is 0.372 e. The first-order valence-electron chi connectivity index (χ1n) is 10.4. The number of aliphatic imine (C=N–C) groups is 1. The molecule has 0 bridgehead atoms. The molecule has 29 heavy (non-hydrogen) atoms. The van der Waals surface area contributed by atoms with Gasteiger partial charge in [-0.1, -0.05) is 18.2 Å². The van der Waals surface area contributed by atoms with Gasteiger partial charge in [0.1, 0.15) is 12.4 Å². The Labute approximate surface area is 174 Å². The number of hydrogen-bond donors (Lipinski definition) is 1. The third-order valence-electron chi connectivity index (χ3n) is 5.40. The van der Waals surface area contributed by atoms with Gasteiger partial charge in [-0.25, -0.2) is 4.99 Å². The van der Waals surface area contributed by atoms with E-state index in [0.717, 1.165) is 24.2 Å². The van der Waals surface area contributed by atoms with Crippen LogP contribution in [-0.4, -0.2) is 52.3 Å². The summed E-state index contributed by atoms with van der Waals surface area (Å²) in [5, 5.41) is 11.6. The zero-order valence-corrected chi connectivity index (χ0v) is 17.9. The lowest BCUT2D eigenvalue weighted by Gasteiger charge is -2.29. The fourth-order valence-electron chi connectivity index (χ4n) is 3.52. The second-order valence-corrected chi connectivity index (χ2v) is 7.60. The van der Waals surface area contributed by atoms with Crippen LogP contribution in [0.2, 0.25) is 0 Å². The van der Waals surface area contributed by atoms with Gasteiger partial charge in [0, 0.05) is 46.0 Å². The van der Waals surface area contributed by atoms with Crippen LogP contribution in [-0.2, 0) is 20.1 Å². The maximum Gasteiger partial charge on any atom is 0.194 e. The molecular formula is C22H33N7. The van der Waals surface area contributed by atoms with E-state index in [9.17, 15) is 0 Å². The predicted molar refractivity (Wildman–Crippen MR) is 119 cm³/mol. The second kappa shape index (κ2) is 10.1. The van der Waals surface area contributed by atoms with E-state index < -0.39 is 0 Å². The number of guanidine groups is 1. The minimum absolute atomic E-state index is 0.481. The van der Waals surface area contributed by atoms with Gasteiger partial charge in [-0.2, -0.15) is 0 Å². The normalized spacial score (nSPS) is 14.7. The zero-order chi connectivity index (χ0) is 20.6. The van der Waals surface area contributed by atoms with Crippen molar-refractivity contribution in [1.82, 2.24) is 25.0 Å². The van der Waals surface area contributed by atoms with Gasteiger partial charge in [-0.3, -0.25) is 0 Å². The Balaban J connectivity index is 1.65. The van der Waals surface area contributed by atoms with Gasteiger partial charge in [-0.15, -0.1) is 16.8 Å². The lowest BCUT2D eigenvalue weighted by atomic mass is 10.1. The number of nitrogens with one attached hydrogen (secondary N) is 1. The van der Waals surface area contributed by atoms with E-state index in [1.807, 2.05) is 24.6 Å². The van der Waals surface area contributed by atoms with Crippen LogP contribution < -0.4 is 10.2 Å². The van der Waals surface area contributed by atoms with Crippen LogP contribution in [0.25, 0.3) is 0 Å². The van der Waals surface area contributed by atoms with E-state index in [1.54, 1.807) is 0 Å². The molecule has 7 nitrogen and oxygen atoms in total. The molecule has 7 heteroatoms. The molecule has 1 aromatic heterocycles. The molecular weight excluding hydrogens is 362 g/mol. The molecule has 0 unspecified atom stereocenters. The third-order valence-corrected chi connectivity index (χ3v) is 5.40. The highest BCUT2D eigenvalue weighted by molar-refractivity contribution is 5.79. The first-order valence-corrected chi connectivity index (χ1v) is 10.4. The summed E-state index contributed by atoms with van der Waals surface area (Å²) in [4.78, 5) is 9.36. The van der Waals surface area contributed by atoms with Crippen molar-refractivity contribution in [1.29, 1.82) is 0 Å². The number of anilines is 1. The van der Waals surface area contributed by atoms with Gasteiger partial charge in [0.25, 0.3) is 0 Å². The van der Waals surface area contributed by atoms with Crippen LogP contribution in [0.3, 0.4) is 0 Å². The molecule has 1 aromatic carbocycles. The van der Waals surface area contributed by atoms with Crippen LogP contribution in [0.1, 0.15) is 36.5 Å². The zero-order valence-electron chi connectivity index (χ0n) is 17.9. The fourth-order valence-corrected chi connectivity index (χ4v) is 3.52. The Morgan fingerprint density at radius 1 is 1.21 bits per heavy atom. The maximum atomic E-state index is 4.74. The summed E-state index contributed by atoms with van der Waals surface area (Å²) in [5.74, 6) is 2.56. The Bertz CT molecular complexity index is 816. The third kappa shape index (κ3) is 5.59. The van der Waals surface area contributed by atoms with Crippen LogP contribution in [0.5, 0.6) is 0 Å². The number of nitrogens with zero attached hydrogens (tertiary/aromatic N) is 6. The Hall–Kier alpha value is -2.83. The van der Waals surface area contributed by atoms with Crippen LogP contribution >= 0.6 is 0 Å². The average molecular weight is 396 g/mol. The van der Waals surface area contributed by atoms with E-state index >= 15 is 0 Å². The molecule has 1 fully saturated rings. The van der Waals surface area contributed by atoms with Crippen LogP contribution in [0, 0.1) is 6.92 Å². The Kier molecular flexibility index (Phi) is 7.27. The van der Waals surface area contributed by atoms with Gasteiger partial charge < -0.3 is 19.7 Å². The molecule has 1 aliphatic rings. The summed E-state index contributed by atoms with van der Waals surface area (Å²) in [7, 11) is 4.01. The number of aromatic nitrogens is 3. The standard InChI is InChI=1S/C22H33N7/c1-5-13-23-22(24-16-21-26-25-18(2)28(21)4)27(3)17-19-9-11-20(12-10-19)29-14-7-6-8-15-29/h5,9-12H,1,6-8,13-17H2,2-4H3,(H,23,24). The molecule has 0 amide bonds. The van der Waals surface area contributed by atoms with E-state index in [1.165, 1.54) is 43.6 Å². The molecule has 0 saturated carbocycles. The molecule has 1 N–H and O–H groups in total. The van der Waals surface area contributed by atoms with E-state index in [4.69, 9.17) is 4.99 Å². The summed E-state index contributed by atoms with van der Waals surface area (Å²) in [6.45, 7) is 10.0. The van der Waals surface area contributed by atoms with Crippen molar-refractivity contribution in [2.75, 3.05) is 31.6 Å². The molecule has 0 atom stereocenters. The highest BCUT2D eigenvalue weighted by Gasteiger charge is 2.12. The smallest absolute Gasteiger partial charge is 0.194 e. The van der Waals surface area contributed by atoms with E-state index in [-0.39, 0.29) is 0 Å². The SMILES string of the molecule is C=CCNC(=NCc1nnc(C)n1C)N(C)Cc1ccc(N2CCCCC2)cc1. The van der Waals surface area contributed by atoms with E-state index in [2.05, 4.69) is 63.2 Å². The fraction of sp³-hybridized carbons (Fsp3) is 0.500. The first-order chi connectivity index (χ1) is 14.1. The number of benzene rings is 1. The van der Waals surface area contributed by atoms with Gasteiger partial charge in [0.2, 0.25) is 0 Å². The summed E-state index contributed by atoms with van der Waals surface area (Å²) in [6, 6.07) is 8.92. The summed E-state index contributed by atoms with van der Waals surface area (Å²) >= 11 is 0. The maximum absolute atomic E-state index is 4.74. The number of hydrogen-bond acceptors (Lipinski definition) is 4. The van der Waals surface area contributed by atoms with Crippen molar-refractivity contribution in [3.63, 3.8) is 0 Å². The number of aryl methyl sites for hydroxylation is 1.